The van der Waals surface area contributed by atoms with E-state index in [4.69, 9.17) is 0 Å². The van der Waals surface area contributed by atoms with Crippen molar-refractivity contribution in [2.75, 3.05) is 23.9 Å². The van der Waals surface area contributed by atoms with Crippen LogP contribution in [0.4, 0.5) is 5.69 Å². The number of halogens is 1. The number of benzene rings is 1. The van der Waals surface area contributed by atoms with Crippen LogP contribution < -0.4 is 5.01 Å². The van der Waals surface area contributed by atoms with Gasteiger partial charge in [0.05, 0.1) is 17.6 Å². The molecule has 1 aliphatic heterocycles. The first-order valence-electron chi connectivity index (χ1n) is 8.52. The topological polar surface area (TPSA) is 18.8 Å². The monoisotopic (exact) mass is 387 g/mol. The largest absolute Gasteiger partial charge is 0.347 e. The highest BCUT2D eigenvalue weighted by atomic mass is 79.9. The summed E-state index contributed by atoms with van der Waals surface area (Å²) >= 11 is 3.49. The molecule has 0 radical (unpaired) electrons. The standard InChI is InChI=1S/C20H26BrN3/c1-23(19-12-6-4-7-13-19)22-18-20-14-8-5-11-17-24(20)16-10-3-2-9-15-21/h4-8,11-14,17-18H,2-3,9-10,15-16H2,1H3/b22-18+. The average Bonchev–Trinajstić information content (AvgIpc) is 2.85. The SMILES string of the molecule is CN(/N=C/C1=CC=CC=CN1CCCCCCBr)c1ccccc1. The van der Waals surface area contributed by atoms with Crippen molar-refractivity contribution < 1.29 is 0 Å². The van der Waals surface area contributed by atoms with E-state index < -0.39 is 0 Å². The Hall–Kier alpha value is -1.81. The normalized spacial score (nSPS) is 14.1. The first kappa shape index (κ1) is 18.5. The van der Waals surface area contributed by atoms with E-state index in [9.17, 15) is 0 Å². The molecular weight excluding hydrogens is 362 g/mol. The molecule has 1 heterocycles. The summed E-state index contributed by atoms with van der Waals surface area (Å²) < 4.78 is 0. The third-order valence-electron chi connectivity index (χ3n) is 3.86. The molecule has 0 atom stereocenters. The number of anilines is 1. The Morgan fingerprint density at radius 2 is 1.83 bits per heavy atom. The van der Waals surface area contributed by atoms with Crippen molar-refractivity contribution in [2.24, 2.45) is 5.10 Å². The molecule has 0 amide bonds. The Kier molecular flexibility index (Phi) is 8.39. The summed E-state index contributed by atoms with van der Waals surface area (Å²) in [6.45, 7) is 1.02. The number of unbranched alkanes of at least 4 members (excludes halogenated alkanes) is 3. The Morgan fingerprint density at radius 3 is 2.62 bits per heavy atom. The van der Waals surface area contributed by atoms with Crippen LogP contribution in [0.15, 0.2) is 71.6 Å². The van der Waals surface area contributed by atoms with Crippen molar-refractivity contribution in [3.8, 4) is 0 Å². The number of hydrogen-bond acceptors (Lipinski definition) is 3. The van der Waals surface area contributed by atoms with E-state index in [1.54, 1.807) is 0 Å². The van der Waals surface area contributed by atoms with Gasteiger partial charge in [-0.2, -0.15) is 5.10 Å². The first-order chi connectivity index (χ1) is 11.8. The highest BCUT2D eigenvalue weighted by Gasteiger charge is 2.06. The van der Waals surface area contributed by atoms with Crippen LogP contribution in [0.25, 0.3) is 0 Å². The molecule has 0 saturated carbocycles. The second kappa shape index (κ2) is 10.9. The zero-order chi connectivity index (χ0) is 17.0. The molecule has 0 aromatic heterocycles. The van der Waals surface area contributed by atoms with Gasteiger partial charge in [0, 0.05) is 25.1 Å². The molecule has 24 heavy (non-hydrogen) atoms. The van der Waals surface area contributed by atoms with E-state index in [2.05, 4.69) is 68.6 Å². The van der Waals surface area contributed by atoms with Crippen LogP contribution in [-0.4, -0.2) is 30.0 Å². The Bertz CT molecular complexity index is 590. The second-order valence-electron chi connectivity index (χ2n) is 5.72. The van der Waals surface area contributed by atoms with Crippen LogP contribution in [0.1, 0.15) is 25.7 Å². The fourth-order valence-electron chi connectivity index (χ4n) is 2.46. The molecule has 1 aromatic carbocycles. The molecule has 4 heteroatoms. The van der Waals surface area contributed by atoms with Crippen molar-refractivity contribution in [3.05, 3.63) is 66.5 Å². The first-order valence-corrected chi connectivity index (χ1v) is 9.64. The number of alkyl halides is 1. The number of hydrogen-bond donors (Lipinski definition) is 0. The number of para-hydroxylation sites is 1. The van der Waals surface area contributed by atoms with Crippen molar-refractivity contribution in [2.45, 2.75) is 25.7 Å². The minimum absolute atomic E-state index is 1.02. The third-order valence-corrected chi connectivity index (χ3v) is 4.42. The third kappa shape index (κ3) is 6.36. The molecule has 0 unspecified atom stereocenters. The van der Waals surface area contributed by atoms with Gasteiger partial charge in [-0.1, -0.05) is 59.1 Å². The van der Waals surface area contributed by atoms with E-state index in [0.29, 0.717) is 0 Å². The van der Waals surface area contributed by atoms with Crippen molar-refractivity contribution in [3.63, 3.8) is 0 Å². The number of allylic oxidation sites excluding steroid dienone is 5. The molecule has 3 nitrogen and oxygen atoms in total. The highest BCUT2D eigenvalue weighted by molar-refractivity contribution is 9.09. The smallest absolute Gasteiger partial charge is 0.0711 e. The predicted molar refractivity (Wildman–Crippen MR) is 109 cm³/mol. The van der Waals surface area contributed by atoms with Crippen LogP contribution in [0.2, 0.25) is 0 Å². The minimum Gasteiger partial charge on any atom is -0.347 e. The van der Waals surface area contributed by atoms with E-state index in [1.807, 2.05) is 36.5 Å². The maximum atomic E-state index is 4.59. The fourth-order valence-corrected chi connectivity index (χ4v) is 2.86. The Balaban J connectivity index is 1.94. The molecule has 1 aromatic rings. The van der Waals surface area contributed by atoms with Crippen LogP contribution >= 0.6 is 15.9 Å². The van der Waals surface area contributed by atoms with Crippen LogP contribution in [-0.2, 0) is 0 Å². The minimum atomic E-state index is 1.02. The lowest BCUT2D eigenvalue weighted by atomic mass is 10.2. The van der Waals surface area contributed by atoms with Crippen molar-refractivity contribution in [1.82, 2.24) is 4.90 Å². The zero-order valence-electron chi connectivity index (χ0n) is 14.3. The summed E-state index contributed by atoms with van der Waals surface area (Å²) in [5.41, 5.74) is 2.19. The van der Waals surface area contributed by atoms with Gasteiger partial charge in [0.25, 0.3) is 0 Å². The van der Waals surface area contributed by atoms with Gasteiger partial charge >= 0.3 is 0 Å². The highest BCUT2D eigenvalue weighted by Crippen LogP contribution is 2.14. The van der Waals surface area contributed by atoms with Crippen molar-refractivity contribution >= 4 is 27.8 Å². The molecule has 0 N–H and O–H groups in total. The predicted octanol–water partition coefficient (Wildman–Crippen LogP) is 5.33. The summed E-state index contributed by atoms with van der Waals surface area (Å²) in [5.74, 6) is 0. The number of hydrazone groups is 1. The maximum absolute atomic E-state index is 4.59. The molecule has 0 saturated heterocycles. The van der Waals surface area contributed by atoms with Gasteiger partial charge < -0.3 is 4.90 Å². The van der Waals surface area contributed by atoms with Crippen LogP contribution in [0.5, 0.6) is 0 Å². The van der Waals surface area contributed by atoms with Gasteiger partial charge in [-0.15, -0.1) is 0 Å². The van der Waals surface area contributed by atoms with Gasteiger partial charge in [-0.05, 0) is 37.1 Å². The zero-order valence-corrected chi connectivity index (χ0v) is 15.9. The van der Waals surface area contributed by atoms with Crippen molar-refractivity contribution in [1.29, 1.82) is 0 Å². The molecule has 1 aliphatic rings. The number of rotatable bonds is 9. The second-order valence-corrected chi connectivity index (χ2v) is 6.51. The van der Waals surface area contributed by atoms with E-state index >= 15 is 0 Å². The molecule has 128 valence electrons. The molecule has 0 aliphatic carbocycles. The number of nitrogens with zero attached hydrogens (tertiary/aromatic N) is 3. The lowest BCUT2D eigenvalue weighted by Gasteiger charge is -2.21. The lowest BCUT2D eigenvalue weighted by Crippen LogP contribution is -2.20. The lowest BCUT2D eigenvalue weighted by molar-refractivity contribution is 0.458. The molecular formula is C20H26BrN3. The average molecular weight is 388 g/mol. The van der Waals surface area contributed by atoms with Gasteiger partial charge in [0.1, 0.15) is 0 Å². The molecule has 0 bridgehead atoms. The van der Waals surface area contributed by atoms with Gasteiger partial charge in [0.2, 0.25) is 0 Å². The summed E-state index contributed by atoms with van der Waals surface area (Å²) in [7, 11) is 1.97. The molecule has 0 fully saturated rings. The summed E-state index contributed by atoms with van der Waals surface area (Å²) in [5, 5.41) is 7.59. The van der Waals surface area contributed by atoms with Gasteiger partial charge in [0.15, 0.2) is 0 Å². The Morgan fingerprint density at radius 1 is 1.04 bits per heavy atom. The molecule has 2 rings (SSSR count). The maximum Gasteiger partial charge on any atom is 0.0711 e. The summed E-state index contributed by atoms with van der Waals surface area (Å²) in [6, 6.07) is 10.2. The van der Waals surface area contributed by atoms with Crippen LogP contribution in [0, 0.1) is 0 Å². The quantitative estimate of drug-likeness (QED) is 0.246. The summed E-state index contributed by atoms with van der Waals surface area (Å²) in [4.78, 5) is 2.27. The van der Waals surface area contributed by atoms with Gasteiger partial charge in [-0.3, -0.25) is 5.01 Å². The molecule has 0 spiro atoms. The van der Waals surface area contributed by atoms with Gasteiger partial charge in [-0.25, -0.2) is 0 Å². The van der Waals surface area contributed by atoms with E-state index in [1.165, 1.54) is 25.7 Å². The van der Waals surface area contributed by atoms with E-state index in [-0.39, 0.29) is 0 Å². The Labute approximate surface area is 154 Å². The fraction of sp³-hybridized carbons (Fsp3) is 0.350. The summed E-state index contributed by atoms with van der Waals surface area (Å²) in [6.07, 6.45) is 17.4. The van der Waals surface area contributed by atoms with Crippen LogP contribution in [0.3, 0.4) is 0 Å². The van der Waals surface area contributed by atoms with E-state index in [0.717, 1.165) is 23.3 Å².